The number of aryl methyl sites for hydroxylation is 2. The van der Waals surface area contributed by atoms with Gasteiger partial charge in [-0.1, -0.05) is 79.2 Å². The monoisotopic (exact) mass is 384 g/mol. The first-order valence-electron chi connectivity index (χ1n) is 10.2. The number of halogens is 1. The van der Waals surface area contributed by atoms with Crippen LogP contribution in [0, 0.1) is 12.7 Å². The van der Waals surface area contributed by atoms with Gasteiger partial charge < -0.3 is 0 Å². The second-order valence-corrected chi connectivity index (χ2v) is 7.82. The Morgan fingerprint density at radius 3 is 2.34 bits per heavy atom. The van der Waals surface area contributed by atoms with Crippen LogP contribution in [-0.4, -0.2) is 5.78 Å². The third-order valence-electron chi connectivity index (χ3n) is 5.93. The summed E-state index contributed by atoms with van der Waals surface area (Å²) in [6.45, 7) is 4.17. The van der Waals surface area contributed by atoms with Crippen LogP contribution in [0.5, 0.6) is 0 Å². The number of rotatable bonds is 5. The van der Waals surface area contributed by atoms with E-state index in [1.165, 1.54) is 23.3 Å². The SMILES string of the molecule is CCc1ccccc1C1CC(c2ccc(F)cc2)C=C1C(=O)c1ccc(C)cc1. The predicted molar refractivity (Wildman–Crippen MR) is 116 cm³/mol. The maximum atomic E-state index is 13.4. The molecule has 3 aromatic carbocycles. The lowest BCUT2D eigenvalue weighted by Gasteiger charge is -2.19. The van der Waals surface area contributed by atoms with E-state index in [1.807, 2.05) is 49.4 Å². The summed E-state index contributed by atoms with van der Waals surface area (Å²) in [5.74, 6) is 0.00925. The van der Waals surface area contributed by atoms with Gasteiger partial charge in [0.15, 0.2) is 5.78 Å². The van der Waals surface area contributed by atoms with E-state index in [1.54, 1.807) is 0 Å². The minimum absolute atomic E-state index is 0.0509. The van der Waals surface area contributed by atoms with E-state index in [-0.39, 0.29) is 23.4 Å². The van der Waals surface area contributed by atoms with Crippen molar-refractivity contribution >= 4 is 5.78 Å². The number of carbonyl (C=O) groups is 1. The molecule has 0 N–H and O–H groups in total. The van der Waals surface area contributed by atoms with Crippen molar-refractivity contribution in [1.29, 1.82) is 0 Å². The minimum Gasteiger partial charge on any atom is -0.289 e. The molecule has 0 heterocycles. The smallest absolute Gasteiger partial charge is 0.189 e. The maximum absolute atomic E-state index is 13.4. The Balaban J connectivity index is 1.76. The molecule has 146 valence electrons. The highest BCUT2D eigenvalue weighted by atomic mass is 19.1. The molecule has 0 aromatic heterocycles. The van der Waals surface area contributed by atoms with Crippen LogP contribution in [0.1, 0.15) is 57.8 Å². The first-order chi connectivity index (χ1) is 14.1. The third-order valence-corrected chi connectivity index (χ3v) is 5.93. The summed E-state index contributed by atoms with van der Waals surface area (Å²) in [6.07, 6.45) is 3.86. The van der Waals surface area contributed by atoms with E-state index < -0.39 is 0 Å². The highest BCUT2D eigenvalue weighted by Gasteiger charge is 2.33. The van der Waals surface area contributed by atoms with Gasteiger partial charge in [0.1, 0.15) is 5.82 Å². The van der Waals surface area contributed by atoms with Gasteiger partial charge in [0.2, 0.25) is 0 Å². The molecule has 0 radical (unpaired) electrons. The topological polar surface area (TPSA) is 17.1 Å². The van der Waals surface area contributed by atoms with Gasteiger partial charge in [-0.25, -0.2) is 4.39 Å². The zero-order chi connectivity index (χ0) is 20.4. The lowest BCUT2D eigenvalue weighted by Crippen LogP contribution is -2.11. The van der Waals surface area contributed by atoms with Gasteiger partial charge in [0.25, 0.3) is 0 Å². The second-order valence-electron chi connectivity index (χ2n) is 7.82. The number of Topliss-reactive ketones (excluding diaryl/α,β-unsaturated/α-hetero) is 1. The summed E-state index contributed by atoms with van der Waals surface area (Å²) >= 11 is 0. The normalized spacial score (nSPS) is 18.5. The Kier molecular flexibility index (Phi) is 5.44. The lowest BCUT2D eigenvalue weighted by molar-refractivity contribution is 0.102. The van der Waals surface area contributed by atoms with Gasteiger partial charge >= 0.3 is 0 Å². The molecule has 4 rings (SSSR count). The van der Waals surface area contributed by atoms with Crippen LogP contribution in [0.15, 0.2) is 84.4 Å². The van der Waals surface area contributed by atoms with Crippen LogP contribution in [0.4, 0.5) is 4.39 Å². The maximum Gasteiger partial charge on any atom is 0.189 e. The van der Waals surface area contributed by atoms with Crippen molar-refractivity contribution < 1.29 is 9.18 Å². The number of ketones is 1. The summed E-state index contributed by atoms with van der Waals surface area (Å²) in [4.78, 5) is 13.4. The average Bonchev–Trinajstić information content (AvgIpc) is 3.19. The molecule has 0 saturated heterocycles. The standard InChI is InChI=1S/C27H25FO/c1-3-19-6-4-5-7-24(19)25-16-22(20-12-14-23(28)15-13-20)17-26(25)27(29)21-10-8-18(2)9-11-21/h4-15,17,22,25H,3,16H2,1-2H3. The molecule has 2 unspecified atom stereocenters. The molecule has 1 aliphatic carbocycles. The third kappa shape index (κ3) is 3.93. The summed E-state index contributed by atoms with van der Waals surface area (Å²) in [6, 6.07) is 22.8. The first kappa shape index (κ1) is 19.3. The number of allylic oxidation sites excluding steroid dienone is 2. The molecular formula is C27H25FO. The molecule has 0 aliphatic heterocycles. The highest BCUT2D eigenvalue weighted by molar-refractivity contribution is 6.10. The highest BCUT2D eigenvalue weighted by Crippen LogP contribution is 2.45. The predicted octanol–water partition coefficient (Wildman–Crippen LogP) is 6.78. The fourth-order valence-corrected chi connectivity index (χ4v) is 4.32. The molecule has 1 nitrogen and oxygen atoms in total. The Hall–Kier alpha value is -3.00. The molecule has 0 spiro atoms. The van der Waals surface area contributed by atoms with Crippen molar-refractivity contribution in [2.75, 3.05) is 0 Å². The van der Waals surface area contributed by atoms with E-state index in [2.05, 4.69) is 31.2 Å². The molecule has 29 heavy (non-hydrogen) atoms. The van der Waals surface area contributed by atoms with E-state index in [9.17, 15) is 9.18 Å². The number of hydrogen-bond acceptors (Lipinski definition) is 1. The van der Waals surface area contributed by atoms with Crippen molar-refractivity contribution in [3.8, 4) is 0 Å². The van der Waals surface area contributed by atoms with Crippen molar-refractivity contribution in [2.45, 2.75) is 38.5 Å². The Morgan fingerprint density at radius 2 is 1.66 bits per heavy atom. The van der Waals surface area contributed by atoms with Gasteiger partial charge in [0.05, 0.1) is 0 Å². The summed E-state index contributed by atoms with van der Waals surface area (Å²) in [5.41, 5.74) is 6.27. The Morgan fingerprint density at radius 1 is 0.966 bits per heavy atom. The number of benzene rings is 3. The van der Waals surface area contributed by atoms with Crippen molar-refractivity contribution in [3.05, 3.63) is 118 Å². The van der Waals surface area contributed by atoms with E-state index in [0.29, 0.717) is 0 Å². The molecule has 0 fully saturated rings. The van der Waals surface area contributed by atoms with Gasteiger partial charge in [-0.15, -0.1) is 0 Å². The zero-order valence-electron chi connectivity index (χ0n) is 16.9. The van der Waals surface area contributed by atoms with Crippen molar-refractivity contribution in [2.24, 2.45) is 0 Å². The van der Waals surface area contributed by atoms with Crippen LogP contribution in [0.3, 0.4) is 0 Å². The fourth-order valence-electron chi connectivity index (χ4n) is 4.32. The largest absolute Gasteiger partial charge is 0.289 e. The molecule has 2 heteroatoms. The summed E-state index contributed by atoms with van der Waals surface area (Å²) in [7, 11) is 0. The molecule has 3 aromatic rings. The zero-order valence-corrected chi connectivity index (χ0v) is 16.9. The van der Waals surface area contributed by atoms with Crippen molar-refractivity contribution in [3.63, 3.8) is 0 Å². The lowest BCUT2D eigenvalue weighted by atomic mass is 9.84. The number of carbonyl (C=O) groups excluding carboxylic acids is 1. The quantitative estimate of drug-likeness (QED) is 0.443. The summed E-state index contributed by atoms with van der Waals surface area (Å²) < 4.78 is 13.4. The molecular weight excluding hydrogens is 359 g/mol. The molecule has 0 bridgehead atoms. The summed E-state index contributed by atoms with van der Waals surface area (Å²) in [5, 5.41) is 0. The Bertz CT molecular complexity index is 1040. The molecule has 0 saturated carbocycles. The number of hydrogen-bond donors (Lipinski definition) is 0. The molecule has 2 atom stereocenters. The van der Waals surface area contributed by atoms with E-state index in [0.717, 1.165) is 35.1 Å². The minimum atomic E-state index is -0.237. The fraction of sp³-hybridized carbons (Fsp3) is 0.222. The van der Waals surface area contributed by atoms with E-state index in [4.69, 9.17) is 0 Å². The van der Waals surface area contributed by atoms with Crippen LogP contribution < -0.4 is 0 Å². The first-order valence-corrected chi connectivity index (χ1v) is 10.2. The molecule has 1 aliphatic rings. The van der Waals surface area contributed by atoms with Gasteiger partial charge in [-0.05, 0) is 48.6 Å². The Labute approximate surface area is 171 Å². The second kappa shape index (κ2) is 8.16. The van der Waals surface area contributed by atoms with Gasteiger partial charge in [-0.3, -0.25) is 4.79 Å². The van der Waals surface area contributed by atoms with Crippen LogP contribution >= 0.6 is 0 Å². The molecule has 0 amide bonds. The van der Waals surface area contributed by atoms with Crippen LogP contribution in [0.25, 0.3) is 0 Å². The van der Waals surface area contributed by atoms with Gasteiger partial charge in [0, 0.05) is 23.0 Å². The van der Waals surface area contributed by atoms with Crippen LogP contribution in [0.2, 0.25) is 0 Å². The van der Waals surface area contributed by atoms with Crippen molar-refractivity contribution in [1.82, 2.24) is 0 Å². The van der Waals surface area contributed by atoms with Gasteiger partial charge in [-0.2, -0.15) is 0 Å². The average molecular weight is 384 g/mol. The van der Waals surface area contributed by atoms with Crippen LogP contribution in [-0.2, 0) is 6.42 Å². The van der Waals surface area contributed by atoms with E-state index >= 15 is 0 Å².